The minimum Gasteiger partial charge on any atom is -0.354 e. The fourth-order valence-electron chi connectivity index (χ4n) is 2.40. The van der Waals surface area contributed by atoms with E-state index in [0.29, 0.717) is 10.7 Å². The maximum absolute atomic E-state index is 12.4. The van der Waals surface area contributed by atoms with Crippen LogP contribution in [0.3, 0.4) is 0 Å². The predicted molar refractivity (Wildman–Crippen MR) is 106 cm³/mol. The van der Waals surface area contributed by atoms with Crippen LogP contribution in [-0.4, -0.2) is 43.1 Å². The molecule has 0 aliphatic heterocycles. The molecule has 0 aliphatic carbocycles. The van der Waals surface area contributed by atoms with Crippen molar-refractivity contribution in [3.63, 3.8) is 0 Å². The van der Waals surface area contributed by atoms with Crippen molar-refractivity contribution in [3.05, 3.63) is 46.8 Å². The summed E-state index contributed by atoms with van der Waals surface area (Å²) in [7, 11) is -3.60. The standard InChI is InChI=1S/C18H24N4O3S2/c1-12-5-6-13(2)16(9-12)27(24,25)20-8-7-19-17(23)11-26-18-21-14(3)10-15(4)22-18/h5-6,9-10,20H,7-8,11H2,1-4H3,(H,19,23). The number of sulfonamides is 1. The number of rotatable bonds is 8. The summed E-state index contributed by atoms with van der Waals surface area (Å²) < 4.78 is 27.3. The zero-order valence-corrected chi connectivity index (χ0v) is 17.5. The minimum atomic E-state index is -3.60. The quantitative estimate of drug-likeness (QED) is 0.393. The number of aryl methyl sites for hydroxylation is 4. The van der Waals surface area contributed by atoms with Gasteiger partial charge in [0.05, 0.1) is 10.6 Å². The molecule has 1 aromatic carbocycles. The van der Waals surface area contributed by atoms with E-state index in [9.17, 15) is 13.2 Å². The number of hydrogen-bond donors (Lipinski definition) is 2. The maximum atomic E-state index is 12.4. The number of benzene rings is 1. The van der Waals surface area contributed by atoms with Crippen LogP contribution < -0.4 is 10.0 Å². The summed E-state index contributed by atoms with van der Waals surface area (Å²) in [6.45, 7) is 7.67. The highest BCUT2D eigenvalue weighted by Gasteiger charge is 2.16. The number of hydrogen-bond acceptors (Lipinski definition) is 6. The molecule has 0 fully saturated rings. The molecule has 0 bridgehead atoms. The molecule has 0 radical (unpaired) electrons. The van der Waals surface area contributed by atoms with Crippen LogP contribution in [0.1, 0.15) is 22.5 Å². The van der Waals surface area contributed by atoms with Crippen molar-refractivity contribution in [1.29, 1.82) is 0 Å². The third-order valence-corrected chi connectivity index (χ3v) is 6.12. The first-order chi connectivity index (χ1) is 12.7. The van der Waals surface area contributed by atoms with Gasteiger partial charge in [0.2, 0.25) is 15.9 Å². The SMILES string of the molecule is Cc1ccc(C)c(S(=O)(=O)NCCNC(=O)CSc2nc(C)cc(C)n2)c1. The number of nitrogens with one attached hydrogen (secondary N) is 2. The van der Waals surface area contributed by atoms with Crippen molar-refractivity contribution in [2.45, 2.75) is 37.7 Å². The third kappa shape index (κ3) is 6.60. The molecule has 7 nitrogen and oxygen atoms in total. The molecule has 0 aliphatic rings. The Balaban J connectivity index is 1.78. The zero-order chi connectivity index (χ0) is 20.0. The van der Waals surface area contributed by atoms with Gasteiger partial charge in [-0.15, -0.1) is 0 Å². The molecule has 27 heavy (non-hydrogen) atoms. The second kappa shape index (κ2) is 9.29. The molecule has 2 aromatic rings. The van der Waals surface area contributed by atoms with Gasteiger partial charge in [-0.2, -0.15) is 0 Å². The Hall–Kier alpha value is -1.97. The Morgan fingerprint density at radius 2 is 1.70 bits per heavy atom. The van der Waals surface area contributed by atoms with E-state index in [-0.39, 0.29) is 29.6 Å². The summed E-state index contributed by atoms with van der Waals surface area (Å²) in [4.78, 5) is 20.7. The summed E-state index contributed by atoms with van der Waals surface area (Å²) in [5.41, 5.74) is 3.26. The zero-order valence-electron chi connectivity index (χ0n) is 15.9. The largest absolute Gasteiger partial charge is 0.354 e. The lowest BCUT2D eigenvalue weighted by atomic mass is 10.2. The van der Waals surface area contributed by atoms with Crippen LogP contribution in [0.25, 0.3) is 0 Å². The highest BCUT2D eigenvalue weighted by atomic mass is 32.2. The van der Waals surface area contributed by atoms with Crippen LogP contribution in [0.5, 0.6) is 0 Å². The molecular formula is C18H24N4O3S2. The summed E-state index contributed by atoms with van der Waals surface area (Å²) in [6.07, 6.45) is 0. The van der Waals surface area contributed by atoms with Gasteiger partial charge < -0.3 is 5.32 Å². The molecule has 2 rings (SSSR count). The average molecular weight is 409 g/mol. The first kappa shape index (κ1) is 21.3. The fraction of sp³-hybridized carbons (Fsp3) is 0.389. The van der Waals surface area contributed by atoms with Crippen molar-refractivity contribution >= 4 is 27.7 Å². The molecule has 0 spiro atoms. The lowest BCUT2D eigenvalue weighted by Gasteiger charge is -2.10. The lowest BCUT2D eigenvalue weighted by molar-refractivity contribution is -0.118. The van der Waals surface area contributed by atoms with E-state index >= 15 is 0 Å². The van der Waals surface area contributed by atoms with Crippen molar-refractivity contribution in [2.24, 2.45) is 0 Å². The Kier molecular flexibility index (Phi) is 7.34. The lowest BCUT2D eigenvalue weighted by Crippen LogP contribution is -2.35. The van der Waals surface area contributed by atoms with E-state index in [2.05, 4.69) is 20.0 Å². The van der Waals surface area contributed by atoms with Gasteiger partial charge in [0, 0.05) is 24.5 Å². The van der Waals surface area contributed by atoms with Gasteiger partial charge in [0.1, 0.15) is 0 Å². The topological polar surface area (TPSA) is 101 Å². The molecular weight excluding hydrogens is 384 g/mol. The number of amides is 1. The fourth-order valence-corrected chi connectivity index (χ4v) is 4.54. The molecule has 9 heteroatoms. The number of carbonyl (C=O) groups is 1. The molecule has 0 saturated carbocycles. The summed E-state index contributed by atoms with van der Waals surface area (Å²) in [6, 6.07) is 7.15. The third-order valence-electron chi connectivity index (χ3n) is 3.67. The molecule has 0 unspecified atom stereocenters. The summed E-state index contributed by atoms with van der Waals surface area (Å²) in [5.74, 6) is -0.0270. The van der Waals surface area contributed by atoms with Crippen LogP contribution in [-0.2, 0) is 14.8 Å². The van der Waals surface area contributed by atoms with Crippen molar-refractivity contribution in [3.8, 4) is 0 Å². The Bertz CT molecular complexity index is 910. The Labute approximate surface area is 164 Å². The first-order valence-corrected chi connectivity index (χ1v) is 10.9. The van der Waals surface area contributed by atoms with E-state index in [1.807, 2.05) is 32.9 Å². The predicted octanol–water partition coefficient (Wildman–Crippen LogP) is 1.90. The summed E-state index contributed by atoms with van der Waals surface area (Å²) in [5, 5.41) is 3.24. The van der Waals surface area contributed by atoms with Crippen LogP contribution in [0, 0.1) is 27.7 Å². The van der Waals surface area contributed by atoms with Gasteiger partial charge in [-0.05, 0) is 51.0 Å². The van der Waals surface area contributed by atoms with Crippen LogP contribution >= 0.6 is 11.8 Å². The Morgan fingerprint density at radius 3 is 2.37 bits per heavy atom. The number of nitrogens with zero attached hydrogens (tertiary/aromatic N) is 2. The normalized spacial score (nSPS) is 11.4. The second-order valence-electron chi connectivity index (χ2n) is 6.24. The van der Waals surface area contributed by atoms with Crippen molar-refractivity contribution in [2.75, 3.05) is 18.8 Å². The van der Waals surface area contributed by atoms with Gasteiger partial charge in [-0.3, -0.25) is 4.79 Å². The van der Waals surface area contributed by atoms with Crippen LogP contribution in [0.2, 0.25) is 0 Å². The van der Waals surface area contributed by atoms with Crippen molar-refractivity contribution < 1.29 is 13.2 Å². The van der Waals surface area contributed by atoms with E-state index in [0.717, 1.165) is 17.0 Å². The molecule has 0 saturated heterocycles. The highest BCUT2D eigenvalue weighted by molar-refractivity contribution is 7.99. The molecule has 1 heterocycles. The molecule has 1 amide bonds. The molecule has 2 N–H and O–H groups in total. The molecule has 146 valence electrons. The second-order valence-corrected chi connectivity index (χ2v) is 8.92. The van der Waals surface area contributed by atoms with Crippen LogP contribution in [0.15, 0.2) is 34.3 Å². The van der Waals surface area contributed by atoms with Gasteiger partial charge in [-0.1, -0.05) is 23.9 Å². The number of aromatic nitrogens is 2. The van der Waals surface area contributed by atoms with E-state index < -0.39 is 10.0 Å². The van der Waals surface area contributed by atoms with E-state index in [4.69, 9.17) is 0 Å². The Morgan fingerprint density at radius 1 is 1.04 bits per heavy atom. The number of thioether (sulfide) groups is 1. The average Bonchev–Trinajstić information content (AvgIpc) is 2.58. The number of carbonyl (C=O) groups excluding carboxylic acids is 1. The molecule has 0 atom stereocenters. The van der Waals surface area contributed by atoms with E-state index in [1.165, 1.54) is 11.8 Å². The van der Waals surface area contributed by atoms with Crippen LogP contribution in [0.4, 0.5) is 0 Å². The molecule has 1 aromatic heterocycles. The summed E-state index contributed by atoms with van der Waals surface area (Å²) >= 11 is 1.25. The first-order valence-electron chi connectivity index (χ1n) is 8.46. The minimum absolute atomic E-state index is 0.117. The van der Waals surface area contributed by atoms with Gasteiger partial charge >= 0.3 is 0 Å². The van der Waals surface area contributed by atoms with Gasteiger partial charge in [-0.25, -0.2) is 23.1 Å². The van der Waals surface area contributed by atoms with Gasteiger partial charge in [0.25, 0.3) is 0 Å². The highest BCUT2D eigenvalue weighted by Crippen LogP contribution is 2.16. The van der Waals surface area contributed by atoms with Crippen molar-refractivity contribution in [1.82, 2.24) is 20.0 Å². The monoisotopic (exact) mass is 408 g/mol. The van der Waals surface area contributed by atoms with E-state index in [1.54, 1.807) is 19.1 Å². The smallest absolute Gasteiger partial charge is 0.240 e. The maximum Gasteiger partial charge on any atom is 0.240 e. The van der Waals surface area contributed by atoms with Gasteiger partial charge in [0.15, 0.2) is 5.16 Å².